The van der Waals surface area contributed by atoms with Gasteiger partial charge in [-0.2, -0.15) is 0 Å². The zero-order chi connectivity index (χ0) is 10.7. The molecule has 0 aliphatic rings. The van der Waals surface area contributed by atoms with Crippen molar-refractivity contribution in [1.29, 1.82) is 0 Å². The zero-order valence-corrected chi connectivity index (χ0v) is 8.25. The largest absolute Gasteiger partial charge is 0.393 e. The van der Waals surface area contributed by atoms with Crippen molar-refractivity contribution in [2.24, 2.45) is 0 Å². The van der Waals surface area contributed by atoms with E-state index in [0.717, 1.165) is 0 Å². The molecular weight excluding hydrogens is 183 g/mol. The Morgan fingerprint density at radius 2 is 2.21 bits per heavy atom. The first-order valence-electron chi connectivity index (χ1n) is 4.47. The molecular formula is C11H13FO2. The predicted molar refractivity (Wildman–Crippen MR) is 51.9 cm³/mol. The van der Waals surface area contributed by atoms with Crippen LogP contribution in [-0.4, -0.2) is 17.5 Å². The van der Waals surface area contributed by atoms with E-state index in [9.17, 15) is 9.18 Å². The van der Waals surface area contributed by atoms with Crippen molar-refractivity contribution in [1.82, 2.24) is 0 Å². The first-order chi connectivity index (χ1) is 6.54. The maximum absolute atomic E-state index is 13.1. The van der Waals surface area contributed by atoms with Crippen molar-refractivity contribution in [2.45, 2.75) is 26.4 Å². The predicted octanol–water partition coefficient (Wildman–Crippen LogP) is 1.87. The lowest BCUT2D eigenvalue weighted by Gasteiger charge is -2.08. The maximum Gasteiger partial charge on any atom is 0.150 e. The number of halogens is 1. The minimum atomic E-state index is -0.573. The number of rotatable bonds is 3. The molecule has 76 valence electrons. The molecule has 0 aliphatic heterocycles. The van der Waals surface area contributed by atoms with E-state index in [0.29, 0.717) is 29.4 Å². The fraction of sp³-hybridized carbons (Fsp3) is 0.364. The maximum atomic E-state index is 13.1. The van der Waals surface area contributed by atoms with Crippen molar-refractivity contribution in [2.75, 3.05) is 0 Å². The van der Waals surface area contributed by atoms with Gasteiger partial charge in [0.05, 0.1) is 6.10 Å². The van der Waals surface area contributed by atoms with Gasteiger partial charge in [0.15, 0.2) is 0 Å². The van der Waals surface area contributed by atoms with Crippen LogP contribution in [0, 0.1) is 12.7 Å². The van der Waals surface area contributed by atoms with E-state index in [1.165, 1.54) is 12.1 Å². The molecule has 0 saturated heterocycles. The molecule has 0 fully saturated rings. The van der Waals surface area contributed by atoms with Gasteiger partial charge in [-0.25, -0.2) is 4.39 Å². The highest BCUT2D eigenvalue weighted by atomic mass is 19.1. The highest BCUT2D eigenvalue weighted by molar-refractivity contribution is 5.77. The fourth-order valence-corrected chi connectivity index (χ4v) is 1.35. The summed E-state index contributed by atoms with van der Waals surface area (Å²) < 4.78 is 13.1. The summed E-state index contributed by atoms with van der Waals surface area (Å²) >= 11 is 0. The molecule has 0 saturated carbocycles. The molecule has 0 radical (unpaired) electrons. The minimum absolute atomic E-state index is 0.297. The van der Waals surface area contributed by atoms with Gasteiger partial charge >= 0.3 is 0 Å². The molecule has 0 heterocycles. The van der Waals surface area contributed by atoms with E-state index in [-0.39, 0.29) is 5.82 Å². The summed E-state index contributed by atoms with van der Waals surface area (Å²) in [5.41, 5.74) is 1.45. The van der Waals surface area contributed by atoms with Gasteiger partial charge in [-0.1, -0.05) is 0 Å². The van der Waals surface area contributed by atoms with Crippen LogP contribution in [0.15, 0.2) is 12.1 Å². The van der Waals surface area contributed by atoms with Gasteiger partial charge in [-0.05, 0) is 43.5 Å². The number of aryl methyl sites for hydroxylation is 1. The molecule has 1 N–H and O–H groups in total. The van der Waals surface area contributed by atoms with Crippen LogP contribution < -0.4 is 0 Å². The second kappa shape index (κ2) is 4.33. The van der Waals surface area contributed by atoms with E-state index in [1.54, 1.807) is 13.8 Å². The normalized spacial score (nSPS) is 12.6. The first kappa shape index (κ1) is 10.9. The number of aliphatic hydroxyl groups is 1. The molecule has 14 heavy (non-hydrogen) atoms. The first-order valence-corrected chi connectivity index (χ1v) is 4.47. The summed E-state index contributed by atoms with van der Waals surface area (Å²) in [6.45, 7) is 3.21. The second-order valence-electron chi connectivity index (χ2n) is 3.47. The fourth-order valence-electron chi connectivity index (χ4n) is 1.35. The SMILES string of the molecule is Cc1cc(C=O)c(CC(C)O)cc1F. The van der Waals surface area contributed by atoms with E-state index >= 15 is 0 Å². The Labute approximate surface area is 82.4 Å². The number of aldehydes is 1. The van der Waals surface area contributed by atoms with Gasteiger partial charge in [0.2, 0.25) is 0 Å². The summed E-state index contributed by atoms with van der Waals surface area (Å²) in [7, 11) is 0. The van der Waals surface area contributed by atoms with Crippen LogP contribution in [0.3, 0.4) is 0 Å². The summed E-state index contributed by atoms with van der Waals surface area (Å²) in [6.07, 6.45) is 0.408. The molecule has 0 amide bonds. The van der Waals surface area contributed by atoms with E-state index in [1.807, 2.05) is 0 Å². The topological polar surface area (TPSA) is 37.3 Å². The number of hydrogen-bond donors (Lipinski definition) is 1. The van der Waals surface area contributed by atoms with Crippen LogP contribution in [-0.2, 0) is 6.42 Å². The van der Waals surface area contributed by atoms with Gasteiger partial charge in [-0.15, -0.1) is 0 Å². The molecule has 0 bridgehead atoms. The van der Waals surface area contributed by atoms with Crippen LogP contribution >= 0.6 is 0 Å². The lowest BCUT2D eigenvalue weighted by atomic mass is 10.0. The summed E-state index contributed by atoms with van der Waals surface area (Å²) in [5.74, 6) is -0.341. The number of carbonyl (C=O) groups excluding carboxylic acids is 1. The molecule has 0 aliphatic carbocycles. The highest BCUT2D eigenvalue weighted by Crippen LogP contribution is 2.15. The van der Waals surface area contributed by atoms with Crippen molar-refractivity contribution in [3.63, 3.8) is 0 Å². The highest BCUT2D eigenvalue weighted by Gasteiger charge is 2.08. The Kier molecular flexibility index (Phi) is 3.36. The van der Waals surface area contributed by atoms with Crippen molar-refractivity contribution >= 4 is 6.29 Å². The van der Waals surface area contributed by atoms with E-state index in [2.05, 4.69) is 0 Å². The second-order valence-corrected chi connectivity index (χ2v) is 3.47. The number of carbonyl (C=O) groups is 1. The molecule has 1 atom stereocenters. The molecule has 2 nitrogen and oxygen atoms in total. The molecule has 0 aromatic heterocycles. The number of aliphatic hydroxyl groups excluding tert-OH is 1. The quantitative estimate of drug-likeness (QED) is 0.749. The summed E-state index contributed by atoms with van der Waals surface area (Å²) in [5, 5.41) is 9.15. The van der Waals surface area contributed by atoms with Gasteiger partial charge in [-0.3, -0.25) is 4.79 Å². The smallest absolute Gasteiger partial charge is 0.150 e. The van der Waals surface area contributed by atoms with Crippen molar-refractivity contribution in [3.8, 4) is 0 Å². The van der Waals surface area contributed by atoms with Gasteiger partial charge in [0.1, 0.15) is 12.1 Å². The lowest BCUT2D eigenvalue weighted by Crippen LogP contribution is -2.07. The van der Waals surface area contributed by atoms with Crippen LogP contribution in [0.4, 0.5) is 4.39 Å². The van der Waals surface area contributed by atoms with Crippen LogP contribution in [0.5, 0.6) is 0 Å². The van der Waals surface area contributed by atoms with Gasteiger partial charge in [0, 0.05) is 5.56 Å². The zero-order valence-electron chi connectivity index (χ0n) is 8.25. The Morgan fingerprint density at radius 1 is 1.57 bits per heavy atom. The molecule has 1 rings (SSSR count). The third-order valence-corrected chi connectivity index (χ3v) is 2.06. The van der Waals surface area contributed by atoms with Crippen LogP contribution in [0.2, 0.25) is 0 Å². The standard InChI is InChI=1S/C11H13FO2/c1-7-3-10(6-13)9(4-8(2)14)5-11(7)12/h3,5-6,8,14H,4H2,1-2H3. The summed E-state index contributed by atoms with van der Waals surface area (Å²) in [6, 6.07) is 2.81. The van der Waals surface area contributed by atoms with E-state index in [4.69, 9.17) is 5.11 Å². The monoisotopic (exact) mass is 196 g/mol. The average Bonchev–Trinajstić information content (AvgIpc) is 2.10. The van der Waals surface area contributed by atoms with Crippen molar-refractivity contribution in [3.05, 3.63) is 34.6 Å². The number of hydrogen-bond acceptors (Lipinski definition) is 2. The third-order valence-electron chi connectivity index (χ3n) is 2.06. The van der Waals surface area contributed by atoms with E-state index < -0.39 is 6.10 Å². The van der Waals surface area contributed by atoms with Crippen LogP contribution in [0.1, 0.15) is 28.4 Å². The van der Waals surface area contributed by atoms with Gasteiger partial charge in [0.25, 0.3) is 0 Å². The lowest BCUT2D eigenvalue weighted by molar-refractivity contribution is 0.112. The number of benzene rings is 1. The molecule has 1 unspecified atom stereocenters. The average molecular weight is 196 g/mol. The molecule has 1 aromatic rings. The molecule has 3 heteroatoms. The summed E-state index contributed by atoms with van der Waals surface area (Å²) in [4.78, 5) is 10.7. The molecule has 0 spiro atoms. The van der Waals surface area contributed by atoms with Gasteiger partial charge < -0.3 is 5.11 Å². The Hall–Kier alpha value is -1.22. The molecule has 1 aromatic carbocycles. The van der Waals surface area contributed by atoms with Crippen LogP contribution in [0.25, 0.3) is 0 Å². The minimum Gasteiger partial charge on any atom is -0.393 e. The Balaban J connectivity index is 3.13. The van der Waals surface area contributed by atoms with Crippen molar-refractivity contribution < 1.29 is 14.3 Å². The third kappa shape index (κ3) is 2.39. The Morgan fingerprint density at radius 3 is 2.71 bits per heavy atom. The Bertz CT molecular complexity index is 345.